The summed E-state index contributed by atoms with van der Waals surface area (Å²) in [5.74, 6) is 0.377. The van der Waals surface area contributed by atoms with Crippen LogP contribution in [0.15, 0.2) is 63.8 Å². The molecule has 2 aliphatic carbocycles. The number of rotatable bonds is 12. The molecule has 6 rings (SSSR count). The molecule has 0 saturated heterocycles. The molecule has 2 N–H and O–H groups in total. The summed E-state index contributed by atoms with van der Waals surface area (Å²) in [5, 5.41) is 7.35. The van der Waals surface area contributed by atoms with Crippen LogP contribution < -0.4 is 10.0 Å². The van der Waals surface area contributed by atoms with E-state index in [1.54, 1.807) is 37.1 Å². The van der Waals surface area contributed by atoms with Crippen molar-refractivity contribution in [2.75, 3.05) is 11.8 Å². The lowest BCUT2D eigenvalue weighted by atomic mass is 9.92. The summed E-state index contributed by atoms with van der Waals surface area (Å²) in [6.07, 6.45) is 10.2. The molecule has 3 aliphatic rings. The number of hydrogen-bond donors (Lipinski definition) is 2. The minimum absolute atomic E-state index is 0.0316. The lowest BCUT2D eigenvalue weighted by Gasteiger charge is -2.40. The second kappa shape index (κ2) is 13.2. The molecule has 1 aliphatic heterocycles. The van der Waals surface area contributed by atoms with Gasteiger partial charge in [0.1, 0.15) is 10.6 Å². The fraction of sp³-hybridized carbons (Fsp3) is 0.472. The summed E-state index contributed by atoms with van der Waals surface area (Å²) >= 11 is 6.24. The molecule has 48 heavy (non-hydrogen) atoms. The van der Waals surface area contributed by atoms with Crippen LogP contribution in [0.3, 0.4) is 0 Å². The number of halogens is 1. The Hall–Kier alpha value is -3.83. The highest BCUT2D eigenvalue weighted by atomic mass is 35.5. The van der Waals surface area contributed by atoms with E-state index >= 15 is 0 Å². The Morgan fingerprint density at radius 1 is 1.12 bits per heavy atom. The first kappa shape index (κ1) is 34.0. The first-order valence-electron chi connectivity index (χ1n) is 16.8. The van der Waals surface area contributed by atoms with E-state index in [4.69, 9.17) is 16.1 Å². The predicted octanol–water partition coefficient (Wildman–Crippen LogP) is 7.14. The minimum Gasteiger partial charge on any atom is -0.376 e. The van der Waals surface area contributed by atoms with Crippen LogP contribution in [0.2, 0.25) is 5.02 Å². The summed E-state index contributed by atoms with van der Waals surface area (Å²) in [7, 11) is -2.36. The van der Waals surface area contributed by atoms with Gasteiger partial charge in [-0.2, -0.15) is 0 Å². The number of benzene rings is 2. The number of sulfonamides is 1. The highest BCUT2D eigenvalue weighted by Gasteiger charge is 2.47. The van der Waals surface area contributed by atoms with Gasteiger partial charge in [-0.1, -0.05) is 86.3 Å². The van der Waals surface area contributed by atoms with E-state index in [-0.39, 0.29) is 39.5 Å². The maximum Gasteiger partial charge on any atom is 0.263 e. The van der Waals surface area contributed by atoms with Crippen molar-refractivity contribution >= 4 is 39.3 Å². The molecule has 0 atom stereocenters. The van der Waals surface area contributed by atoms with Crippen molar-refractivity contribution < 1.29 is 22.5 Å². The molecule has 1 spiro atoms. The van der Waals surface area contributed by atoms with E-state index in [9.17, 15) is 18.0 Å². The summed E-state index contributed by atoms with van der Waals surface area (Å²) in [4.78, 5) is 31.2. The van der Waals surface area contributed by atoms with Gasteiger partial charge < -0.3 is 19.6 Å². The number of nitrogens with one attached hydrogen (secondary N) is 2. The molecule has 2 heterocycles. The van der Waals surface area contributed by atoms with Crippen LogP contribution in [0.4, 0.5) is 5.82 Å². The molecule has 2 fully saturated rings. The first-order valence-corrected chi connectivity index (χ1v) is 18.6. The Morgan fingerprint density at radius 3 is 2.52 bits per heavy atom. The normalized spacial score (nSPS) is 18.1. The third-order valence-corrected chi connectivity index (χ3v) is 11.9. The van der Waals surface area contributed by atoms with Crippen LogP contribution >= 0.6 is 11.6 Å². The van der Waals surface area contributed by atoms with E-state index < -0.39 is 15.6 Å². The van der Waals surface area contributed by atoms with Gasteiger partial charge in [0.05, 0.1) is 11.4 Å². The Bertz CT molecular complexity index is 1860. The number of amides is 2. The van der Waals surface area contributed by atoms with Gasteiger partial charge in [0, 0.05) is 36.5 Å². The van der Waals surface area contributed by atoms with Gasteiger partial charge in [-0.05, 0) is 68.2 Å². The molecule has 12 heteroatoms. The fourth-order valence-electron chi connectivity index (χ4n) is 6.87. The molecule has 10 nitrogen and oxygen atoms in total. The molecular weight excluding hydrogens is 650 g/mol. The SMILES string of the molecule is CCCCC1=CNC2(CCCC2)C(=O)N1Cc1ccc(-c2ccccc2S(=O)(=O)Nc2noc(C)c2Cl)c(CN(C)C(=O)C2(C)CC2)c1. The number of aromatic nitrogens is 1. The number of hydrogen-bond acceptors (Lipinski definition) is 7. The maximum atomic E-state index is 14.1. The second-order valence-electron chi connectivity index (χ2n) is 13.8. The van der Waals surface area contributed by atoms with Crippen LogP contribution in [0.5, 0.6) is 0 Å². The number of nitrogens with zero attached hydrogens (tertiary/aromatic N) is 3. The molecule has 0 bridgehead atoms. The molecule has 1 aromatic heterocycles. The lowest BCUT2D eigenvalue weighted by molar-refractivity contribution is -0.138. The number of aryl methyl sites for hydroxylation is 1. The van der Waals surface area contributed by atoms with Crippen molar-refractivity contribution in [2.24, 2.45) is 5.41 Å². The van der Waals surface area contributed by atoms with Crippen LogP contribution in [0.25, 0.3) is 11.1 Å². The summed E-state index contributed by atoms with van der Waals surface area (Å²) < 4.78 is 35.1. The monoisotopic (exact) mass is 693 g/mol. The van der Waals surface area contributed by atoms with Gasteiger partial charge in [-0.25, -0.2) is 8.42 Å². The highest BCUT2D eigenvalue weighted by molar-refractivity contribution is 7.92. The van der Waals surface area contributed by atoms with Crippen LogP contribution in [0, 0.1) is 12.3 Å². The van der Waals surface area contributed by atoms with Crippen molar-refractivity contribution in [3.8, 4) is 11.1 Å². The first-order chi connectivity index (χ1) is 22.9. The zero-order chi connectivity index (χ0) is 34.3. The molecule has 2 saturated carbocycles. The summed E-state index contributed by atoms with van der Waals surface area (Å²) in [5.41, 5.74) is 2.87. The smallest absolute Gasteiger partial charge is 0.263 e. The van der Waals surface area contributed by atoms with Gasteiger partial charge in [-0.15, -0.1) is 0 Å². The number of anilines is 1. The molecule has 2 amide bonds. The minimum atomic E-state index is -4.15. The van der Waals surface area contributed by atoms with Crippen molar-refractivity contribution in [3.63, 3.8) is 0 Å². The van der Waals surface area contributed by atoms with Crippen molar-refractivity contribution in [1.29, 1.82) is 0 Å². The maximum absolute atomic E-state index is 14.1. The number of carbonyl (C=O) groups is 2. The Labute approximate surface area is 287 Å². The Kier molecular flexibility index (Phi) is 9.39. The number of carbonyl (C=O) groups excluding carboxylic acids is 2. The second-order valence-corrected chi connectivity index (χ2v) is 15.8. The molecule has 3 aromatic rings. The van der Waals surface area contributed by atoms with Crippen LogP contribution in [-0.2, 0) is 32.7 Å². The third kappa shape index (κ3) is 6.59. The molecular formula is C36H44ClN5O5S. The number of allylic oxidation sites excluding steroid dienone is 1. The van der Waals surface area contributed by atoms with E-state index in [1.807, 2.05) is 36.2 Å². The topological polar surface area (TPSA) is 125 Å². The quantitative estimate of drug-likeness (QED) is 0.207. The van der Waals surface area contributed by atoms with E-state index in [2.05, 4.69) is 22.1 Å². The van der Waals surface area contributed by atoms with Crippen LogP contribution in [0.1, 0.15) is 88.5 Å². The molecule has 256 valence electrons. The van der Waals surface area contributed by atoms with Crippen molar-refractivity contribution in [2.45, 2.75) is 102 Å². The average Bonchev–Trinajstić information content (AvgIpc) is 3.51. The largest absolute Gasteiger partial charge is 0.376 e. The standard InChI is InChI=1S/C36H44ClN5O5S/c1-5-6-11-27-21-38-36(16-9-10-17-36)34(44)42(27)22-25-14-15-28(26(20-25)23-41(4)33(43)35(3)18-19-35)29-12-7-8-13-30(29)48(45,46)40-32-31(37)24(2)47-39-32/h7-8,12-15,20-21,38H,5-6,9-11,16-19,22-23H2,1-4H3,(H,39,40). The van der Waals surface area contributed by atoms with Crippen LogP contribution in [-0.4, -0.2) is 47.8 Å². The van der Waals surface area contributed by atoms with Gasteiger partial charge >= 0.3 is 0 Å². The Balaban J connectivity index is 1.39. The lowest BCUT2D eigenvalue weighted by Crippen LogP contribution is -2.57. The van der Waals surface area contributed by atoms with E-state index in [0.29, 0.717) is 23.4 Å². The average molecular weight is 694 g/mol. The highest BCUT2D eigenvalue weighted by Crippen LogP contribution is 2.47. The van der Waals surface area contributed by atoms with Crippen molar-refractivity contribution in [3.05, 3.63) is 76.3 Å². The van der Waals surface area contributed by atoms with E-state index in [1.165, 1.54) is 6.07 Å². The third-order valence-electron chi connectivity index (χ3n) is 10.0. The zero-order valence-electron chi connectivity index (χ0n) is 28.1. The predicted molar refractivity (Wildman–Crippen MR) is 185 cm³/mol. The van der Waals surface area contributed by atoms with Gasteiger partial charge in [0.25, 0.3) is 15.9 Å². The van der Waals surface area contributed by atoms with Gasteiger partial charge in [0.2, 0.25) is 11.7 Å². The summed E-state index contributed by atoms with van der Waals surface area (Å²) in [6.45, 7) is 6.37. The molecule has 2 aromatic carbocycles. The molecule has 0 unspecified atom stereocenters. The van der Waals surface area contributed by atoms with Gasteiger partial charge in [0.15, 0.2) is 5.76 Å². The summed E-state index contributed by atoms with van der Waals surface area (Å²) in [6, 6.07) is 12.6. The molecule has 0 radical (unpaired) electrons. The van der Waals surface area contributed by atoms with Gasteiger partial charge in [-0.3, -0.25) is 14.3 Å². The Morgan fingerprint density at radius 2 is 1.85 bits per heavy atom. The number of unbranched alkanes of at least 4 members (excludes halogenated alkanes) is 1. The van der Waals surface area contributed by atoms with Crippen molar-refractivity contribution in [1.82, 2.24) is 20.3 Å². The van der Waals surface area contributed by atoms with E-state index in [0.717, 1.165) is 74.6 Å². The zero-order valence-corrected chi connectivity index (χ0v) is 29.6. The fourth-order valence-corrected chi connectivity index (χ4v) is 8.27.